The molecule has 1 saturated heterocycles. The van der Waals surface area contributed by atoms with Gasteiger partial charge in [0.05, 0.1) is 24.2 Å². The van der Waals surface area contributed by atoms with Crippen molar-refractivity contribution >= 4 is 28.1 Å². The zero-order valence-corrected chi connectivity index (χ0v) is 10.8. The number of nitrogens with one attached hydrogen (secondary N) is 1. The van der Waals surface area contributed by atoms with Gasteiger partial charge in [0.2, 0.25) is 5.91 Å². The molecular formula is C12H14N2O3S. The molecule has 1 aromatic rings. The van der Waals surface area contributed by atoms with Crippen molar-refractivity contribution in [2.24, 2.45) is 0 Å². The van der Waals surface area contributed by atoms with Gasteiger partial charge < -0.3 is 15.0 Å². The van der Waals surface area contributed by atoms with Gasteiger partial charge in [-0.15, -0.1) is 0 Å². The molecule has 1 fully saturated rings. The molecule has 1 N–H and O–H groups in total. The Morgan fingerprint density at radius 1 is 1.50 bits per heavy atom. The zero-order chi connectivity index (χ0) is 12.7. The molecule has 6 heteroatoms. The molecule has 2 heterocycles. The lowest BCUT2D eigenvalue weighted by Crippen LogP contribution is -2.55. The summed E-state index contributed by atoms with van der Waals surface area (Å²) in [7, 11) is 0.707. The fourth-order valence-electron chi connectivity index (χ4n) is 2.42. The summed E-state index contributed by atoms with van der Waals surface area (Å²) in [6.07, 6.45) is 0. The van der Waals surface area contributed by atoms with E-state index in [9.17, 15) is 9.00 Å². The normalized spacial score (nSPS) is 26.1. The molecule has 0 bridgehead atoms. The smallest absolute Gasteiger partial charge is 0.248 e. The van der Waals surface area contributed by atoms with E-state index in [-0.39, 0.29) is 11.9 Å². The number of fused-ring (bicyclic) bond motifs is 3. The number of hydrogen-bond acceptors (Lipinski definition) is 4. The second-order valence-electron chi connectivity index (χ2n) is 4.39. The van der Waals surface area contributed by atoms with E-state index in [1.54, 1.807) is 7.11 Å². The molecule has 5 nitrogen and oxygen atoms in total. The van der Waals surface area contributed by atoms with Crippen molar-refractivity contribution in [1.82, 2.24) is 0 Å². The van der Waals surface area contributed by atoms with E-state index < -0.39 is 10.8 Å². The van der Waals surface area contributed by atoms with Gasteiger partial charge in [-0.3, -0.25) is 9.00 Å². The summed E-state index contributed by atoms with van der Waals surface area (Å²) < 4.78 is 16.7. The molecule has 18 heavy (non-hydrogen) atoms. The predicted molar refractivity (Wildman–Crippen MR) is 70.6 cm³/mol. The van der Waals surface area contributed by atoms with Crippen molar-refractivity contribution in [1.29, 1.82) is 0 Å². The van der Waals surface area contributed by atoms with Crippen LogP contribution >= 0.6 is 0 Å². The number of carbonyl (C=O) groups excluding carboxylic acids is 1. The number of rotatable bonds is 1. The minimum Gasteiger partial charge on any atom is -0.497 e. The van der Waals surface area contributed by atoms with Crippen molar-refractivity contribution in [3.8, 4) is 5.75 Å². The van der Waals surface area contributed by atoms with E-state index in [0.29, 0.717) is 23.8 Å². The number of hydrogen-bond donors (Lipinski definition) is 1. The third-order valence-corrected chi connectivity index (χ3v) is 4.68. The molecule has 1 amide bonds. The number of amides is 1. The summed E-state index contributed by atoms with van der Waals surface area (Å²) in [5.74, 6) is 1.67. The van der Waals surface area contributed by atoms with Crippen LogP contribution in [0.2, 0.25) is 0 Å². The zero-order valence-electron chi connectivity index (χ0n) is 10.0. The van der Waals surface area contributed by atoms with Crippen LogP contribution in [0.3, 0.4) is 0 Å². The van der Waals surface area contributed by atoms with Gasteiger partial charge in [0.15, 0.2) is 0 Å². The Hall–Kier alpha value is -1.56. The Labute approximate surface area is 108 Å². The Balaban J connectivity index is 2.01. The Bertz CT molecular complexity index is 532. The van der Waals surface area contributed by atoms with Gasteiger partial charge in [-0.05, 0) is 12.1 Å². The third kappa shape index (κ3) is 1.77. The van der Waals surface area contributed by atoms with Crippen LogP contribution < -0.4 is 15.0 Å². The van der Waals surface area contributed by atoms with Crippen LogP contribution in [0, 0.1) is 0 Å². The maximum atomic E-state index is 12.0. The second kappa shape index (κ2) is 4.28. The highest BCUT2D eigenvalue weighted by molar-refractivity contribution is 7.85. The standard InChI is InChI=1S/C12H14N2O3S/c1-17-8-2-3-10-9(6-8)13-12(15)11-7-18(16)5-4-14(10)11/h2-3,6,11H,4-5,7H2,1H3,(H,13,15). The Morgan fingerprint density at radius 3 is 3.11 bits per heavy atom. The average molecular weight is 266 g/mol. The fraction of sp³-hybridized carbons (Fsp3) is 0.417. The third-order valence-electron chi connectivity index (χ3n) is 3.35. The lowest BCUT2D eigenvalue weighted by Gasteiger charge is -2.40. The SMILES string of the molecule is COc1ccc2c(c1)NC(=O)C1CS(=O)CCN21. The van der Waals surface area contributed by atoms with E-state index in [0.717, 1.165) is 11.4 Å². The number of benzene rings is 1. The molecule has 0 aliphatic carbocycles. The highest BCUT2D eigenvalue weighted by Gasteiger charge is 2.37. The van der Waals surface area contributed by atoms with Crippen molar-refractivity contribution in [2.45, 2.75) is 6.04 Å². The van der Waals surface area contributed by atoms with Crippen LogP contribution in [-0.2, 0) is 15.6 Å². The first-order chi connectivity index (χ1) is 8.69. The Morgan fingerprint density at radius 2 is 2.33 bits per heavy atom. The largest absolute Gasteiger partial charge is 0.497 e. The van der Waals surface area contributed by atoms with Crippen LogP contribution in [-0.4, -0.2) is 41.3 Å². The topological polar surface area (TPSA) is 58.6 Å². The molecule has 1 aromatic carbocycles. The molecule has 2 atom stereocenters. The van der Waals surface area contributed by atoms with Crippen LogP contribution in [0.25, 0.3) is 0 Å². The summed E-state index contributed by atoms with van der Waals surface area (Å²) in [6, 6.07) is 5.32. The van der Waals surface area contributed by atoms with Gasteiger partial charge in [0.25, 0.3) is 0 Å². The summed E-state index contributed by atoms with van der Waals surface area (Å²) in [5, 5.41) is 2.86. The highest BCUT2D eigenvalue weighted by atomic mass is 32.2. The van der Waals surface area contributed by atoms with Gasteiger partial charge in [-0.25, -0.2) is 0 Å². The summed E-state index contributed by atoms with van der Waals surface area (Å²) in [5.41, 5.74) is 1.75. The molecule has 3 rings (SSSR count). The summed E-state index contributed by atoms with van der Waals surface area (Å²) in [4.78, 5) is 14.0. The maximum absolute atomic E-state index is 12.0. The van der Waals surface area contributed by atoms with E-state index >= 15 is 0 Å². The first-order valence-corrected chi connectivity index (χ1v) is 7.28. The van der Waals surface area contributed by atoms with Gasteiger partial charge in [-0.1, -0.05) is 0 Å². The molecule has 96 valence electrons. The number of ether oxygens (including phenoxy) is 1. The highest BCUT2D eigenvalue weighted by Crippen LogP contribution is 2.36. The number of methoxy groups -OCH3 is 1. The molecule has 0 aromatic heterocycles. The van der Waals surface area contributed by atoms with Crippen molar-refractivity contribution in [3.05, 3.63) is 18.2 Å². The van der Waals surface area contributed by atoms with Crippen molar-refractivity contribution in [2.75, 3.05) is 35.4 Å². The predicted octanol–water partition coefficient (Wildman–Crippen LogP) is 0.585. The molecular weight excluding hydrogens is 252 g/mol. The quantitative estimate of drug-likeness (QED) is 0.808. The van der Waals surface area contributed by atoms with Crippen molar-refractivity contribution < 1.29 is 13.7 Å². The lowest BCUT2D eigenvalue weighted by atomic mass is 10.1. The van der Waals surface area contributed by atoms with E-state index in [1.807, 2.05) is 23.1 Å². The molecule has 2 unspecified atom stereocenters. The molecule has 0 spiro atoms. The maximum Gasteiger partial charge on any atom is 0.248 e. The lowest BCUT2D eigenvalue weighted by molar-refractivity contribution is -0.117. The second-order valence-corrected chi connectivity index (χ2v) is 6.01. The first kappa shape index (κ1) is 11.5. The van der Waals surface area contributed by atoms with Gasteiger partial charge in [0, 0.05) is 29.2 Å². The minimum absolute atomic E-state index is 0.0798. The molecule has 2 aliphatic heterocycles. The Kier molecular flexibility index (Phi) is 2.74. The van der Waals surface area contributed by atoms with E-state index in [2.05, 4.69) is 5.32 Å². The fourth-order valence-corrected chi connectivity index (χ4v) is 3.67. The summed E-state index contributed by atoms with van der Waals surface area (Å²) >= 11 is 0. The van der Waals surface area contributed by atoms with Crippen LogP contribution in [0.5, 0.6) is 5.75 Å². The first-order valence-electron chi connectivity index (χ1n) is 5.79. The molecule has 0 saturated carbocycles. The average Bonchev–Trinajstić information content (AvgIpc) is 2.38. The monoisotopic (exact) mass is 266 g/mol. The molecule has 0 radical (unpaired) electrons. The minimum atomic E-state index is -0.889. The van der Waals surface area contributed by atoms with Gasteiger partial charge in [0.1, 0.15) is 11.8 Å². The molecule has 2 aliphatic rings. The van der Waals surface area contributed by atoms with Crippen molar-refractivity contribution in [3.63, 3.8) is 0 Å². The summed E-state index contributed by atoms with van der Waals surface area (Å²) in [6.45, 7) is 0.657. The van der Waals surface area contributed by atoms with Crippen LogP contribution in [0.1, 0.15) is 0 Å². The number of carbonyl (C=O) groups is 1. The number of nitrogens with zero attached hydrogens (tertiary/aromatic N) is 1. The number of anilines is 2. The van der Waals surface area contributed by atoms with Crippen LogP contribution in [0.15, 0.2) is 18.2 Å². The van der Waals surface area contributed by atoms with E-state index in [1.165, 1.54) is 0 Å². The van der Waals surface area contributed by atoms with Crippen LogP contribution in [0.4, 0.5) is 11.4 Å². The van der Waals surface area contributed by atoms with Gasteiger partial charge >= 0.3 is 0 Å². The van der Waals surface area contributed by atoms with E-state index in [4.69, 9.17) is 4.74 Å². The van der Waals surface area contributed by atoms with Gasteiger partial charge in [-0.2, -0.15) is 0 Å².